The van der Waals surface area contributed by atoms with E-state index in [2.05, 4.69) is 6.92 Å². The van der Waals surface area contributed by atoms with E-state index in [1.165, 1.54) is 38.5 Å². The SMILES string of the molecule is CCCCOc1ccc2cc(CCC3CCC(CCC)CC3)c(F)c(F)c2c1O. The molecule has 0 aromatic heterocycles. The van der Waals surface area contributed by atoms with Gasteiger partial charge in [0.05, 0.1) is 12.0 Å². The molecule has 0 spiro atoms. The van der Waals surface area contributed by atoms with E-state index in [9.17, 15) is 13.9 Å². The van der Waals surface area contributed by atoms with E-state index in [4.69, 9.17) is 4.74 Å². The lowest BCUT2D eigenvalue weighted by Gasteiger charge is -2.28. The monoisotopic (exact) mass is 404 g/mol. The summed E-state index contributed by atoms with van der Waals surface area (Å²) in [6.07, 6.45) is 10.7. The van der Waals surface area contributed by atoms with Crippen molar-refractivity contribution < 1.29 is 18.6 Å². The third-order valence-corrected chi connectivity index (χ3v) is 6.44. The van der Waals surface area contributed by atoms with E-state index in [1.54, 1.807) is 18.2 Å². The number of halogens is 2. The summed E-state index contributed by atoms with van der Waals surface area (Å²) in [5, 5.41) is 10.9. The van der Waals surface area contributed by atoms with Gasteiger partial charge in [0.1, 0.15) is 0 Å². The first-order valence-electron chi connectivity index (χ1n) is 11.3. The van der Waals surface area contributed by atoms with Crippen LogP contribution in [0.25, 0.3) is 10.8 Å². The van der Waals surface area contributed by atoms with Crippen LogP contribution in [0.5, 0.6) is 11.5 Å². The number of unbranched alkanes of at least 4 members (excludes halogenated alkanes) is 1. The molecule has 1 saturated carbocycles. The van der Waals surface area contributed by atoms with Gasteiger partial charge >= 0.3 is 0 Å². The predicted octanol–water partition coefficient (Wildman–Crippen LogP) is 7.54. The van der Waals surface area contributed by atoms with Gasteiger partial charge in [-0.2, -0.15) is 0 Å². The smallest absolute Gasteiger partial charge is 0.170 e. The quantitative estimate of drug-likeness (QED) is 0.437. The van der Waals surface area contributed by atoms with Crippen LogP contribution >= 0.6 is 0 Å². The molecule has 0 saturated heterocycles. The van der Waals surface area contributed by atoms with Crippen LogP contribution in [-0.4, -0.2) is 11.7 Å². The van der Waals surface area contributed by atoms with E-state index in [-0.39, 0.29) is 16.9 Å². The zero-order valence-corrected chi connectivity index (χ0v) is 17.8. The van der Waals surface area contributed by atoms with Gasteiger partial charge in [-0.1, -0.05) is 64.9 Å². The van der Waals surface area contributed by atoms with Crippen molar-refractivity contribution >= 4 is 10.8 Å². The van der Waals surface area contributed by atoms with E-state index >= 15 is 0 Å². The van der Waals surface area contributed by atoms with E-state index < -0.39 is 11.6 Å². The molecule has 1 aliphatic carbocycles. The number of hydrogen-bond acceptors (Lipinski definition) is 2. The van der Waals surface area contributed by atoms with Crippen LogP contribution in [0.3, 0.4) is 0 Å². The highest BCUT2D eigenvalue weighted by molar-refractivity contribution is 5.91. The third kappa shape index (κ3) is 5.21. The minimum Gasteiger partial charge on any atom is -0.504 e. The van der Waals surface area contributed by atoms with Crippen molar-refractivity contribution in [2.75, 3.05) is 6.61 Å². The average molecular weight is 405 g/mol. The summed E-state index contributed by atoms with van der Waals surface area (Å²) in [6.45, 7) is 4.72. The summed E-state index contributed by atoms with van der Waals surface area (Å²) in [4.78, 5) is 0. The van der Waals surface area contributed by atoms with E-state index in [0.29, 0.717) is 29.9 Å². The Bertz CT molecular complexity index is 810. The summed E-state index contributed by atoms with van der Waals surface area (Å²) in [5.74, 6) is -0.454. The van der Waals surface area contributed by atoms with Crippen molar-refractivity contribution in [3.63, 3.8) is 0 Å². The van der Waals surface area contributed by atoms with Crippen LogP contribution in [0.4, 0.5) is 8.78 Å². The molecule has 2 aromatic carbocycles. The maximum Gasteiger partial charge on any atom is 0.170 e. The molecule has 2 nitrogen and oxygen atoms in total. The van der Waals surface area contributed by atoms with Crippen LogP contribution in [-0.2, 0) is 6.42 Å². The second-order valence-electron chi connectivity index (χ2n) is 8.59. The first kappa shape index (κ1) is 21.9. The zero-order valence-electron chi connectivity index (χ0n) is 17.8. The van der Waals surface area contributed by atoms with Gasteiger partial charge in [-0.15, -0.1) is 0 Å². The molecule has 1 aliphatic rings. The van der Waals surface area contributed by atoms with Crippen molar-refractivity contribution in [1.82, 2.24) is 0 Å². The Labute approximate surface area is 173 Å². The van der Waals surface area contributed by atoms with Crippen molar-refractivity contribution in [1.29, 1.82) is 0 Å². The lowest BCUT2D eigenvalue weighted by atomic mass is 9.78. The van der Waals surface area contributed by atoms with Crippen LogP contribution in [0.1, 0.15) is 77.2 Å². The summed E-state index contributed by atoms with van der Waals surface area (Å²) in [7, 11) is 0. The molecule has 0 radical (unpaired) electrons. The summed E-state index contributed by atoms with van der Waals surface area (Å²) < 4.78 is 35.1. The zero-order chi connectivity index (χ0) is 20.8. The third-order valence-electron chi connectivity index (χ3n) is 6.44. The highest BCUT2D eigenvalue weighted by Gasteiger charge is 2.23. The molecule has 1 fully saturated rings. The Balaban J connectivity index is 1.71. The number of rotatable bonds is 9. The molecular weight excluding hydrogens is 370 g/mol. The molecular formula is C25H34F2O2. The number of aromatic hydroxyl groups is 1. The number of phenolic OH excluding ortho intramolecular Hbond substituents is 1. The minimum absolute atomic E-state index is 0.0830. The minimum atomic E-state index is -0.970. The fourth-order valence-electron chi connectivity index (χ4n) is 4.64. The van der Waals surface area contributed by atoms with Crippen molar-refractivity contribution in [2.24, 2.45) is 11.8 Å². The van der Waals surface area contributed by atoms with Crippen molar-refractivity contribution in [3.8, 4) is 11.5 Å². The van der Waals surface area contributed by atoms with Crippen LogP contribution < -0.4 is 4.74 Å². The molecule has 0 heterocycles. The van der Waals surface area contributed by atoms with E-state index in [1.807, 2.05) is 6.92 Å². The van der Waals surface area contributed by atoms with Gasteiger partial charge in [0.25, 0.3) is 0 Å². The predicted molar refractivity (Wildman–Crippen MR) is 115 cm³/mol. The van der Waals surface area contributed by atoms with Gasteiger partial charge in [-0.25, -0.2) is 8.78 Å². The molecule has 0 aliphatic heterocycles. The second kappa shape index (κ2) is 10.3. The van der Waals surface area contributed by atoms with Crippen LogP contribution in [0.2, 0.25) is 0 Å². The molecule has 1 N–H and O–H groups in total. The lowest BCUT2D eigenvalue weighted by molar-refractivity contribution is 0.251. The molecule has 4 heteroatoms. The highest BCUT2D eigenvalue weighted by atomic mass is 19.2. The Morgan fingerprint density at radius 1 is 0.966 bits per heavy atom. The maximum atomic E-state index is 14.8. The number of phenols is 1. The van der Waals surface area contributed by atoms with Crippen LogP contribution in [0.15, 0.2) is 18.2 Å². The first-order chi connectivity index (χ1) is 14.0. The molecule has 0 amide bonds. The normalized spacial score (nSPS) is 19.6. The Morgan fingerprint density at radius 2 is 1.66 bits per heavy atom. The number of hydrogen-bond donors (Lipinski definition) is 1. The summed E-state index contributed by atoms with van der Waals surface area (Å²) >= 11 is 0. The first-order valence-corrected chi connectivity index (χ1v) is 11.3. The highest BCUT2D eigenvalue weighted by Crippen LogP contribution is 2.39. The average Bonchev–Trinajstić information content (AvgIpc) is 2.72. The van der Waals surface area contributed by atoms with Gasteiger partial charge in [-0.05, 0) is 54.2 Å². The number of benzene rings is 2. The second-order valence-corrected chi connectivity index (χ2v) is 8.59. The molecule has 0 atom stereocenters. The van der Waals surface area contributed by atoms with E-state index in [0.717, 1.165) is 25.2 Å². The summed E-state index contributed by atoms with van der Waals surface area (Å²) in [6, 6.07) is 5.04. The van der Waals surface area contributed by atoms with Crippen molar-refractivity contribution in [3.05, 3.63) is 35.4 Å². The number of ether oxygens (including phenoxy) is 1. The Morgan fingerprint density at radius 3 is 2.31 bits per heavy atom. The number of aryl methyl sites for hydroxylation is 1. The van der Waals surface area contributed by atoms with Gasteiger partial charge < -0.3 is 9.84 Å². The lowest BCUT2D eigenvalue weighted by Crippen LogP contribution is -2.15. The van der Waals surface area contributed by atoms with Crippen LogP contribution in [0, 0.1) is 23.5 Å². The van der Waals surface area contributed by atoms with Gasteiger partial charge in [0, 0.05) is 0 Å². The maximum absolute atomic E-state index is 14.8. The Hall–Kier alpha value is -1.84. The molecule has 0 bridgehead atoms. The Kier molecular flexibility index (Phi) is 7.74. The number of fused-ring (bicyclic) bond motifs is 1. The summed E-state index contributed by atoms with van der Waals surface area (Å²) in [5.41, 5.74) is 0.407. The van der Waals surface area contributed by atoms with Gasteiger partial charge in [0.2, 0.25) is 0 Å². The van der Waals surface area contributed by atoms with Crippen molar-refractivity contribution in [2.45, 2.75) is 78.1 Å². The van der Waals surface area contributed by atoms with Gasteiger partial charge in [-0.3, -0.25) is 0 Å². The fraction of sp³-hybridized carbons (Fsp3) is 0.600. The molecule has 160 valence electrons. The standard InChI is InChI=1S/C25H34F2O2/c1-3-5-15-29-21-14-13-19-16-20(23(26)24(27)22(19)25(21)28)12-11-18-9-7-17(6-4-2)8-10-18/h13-14,16-18,28H,3-12,15H2,1-2H3. The molecule has 0 unspecified atom stereocenters. The molecule has 29 heavy (non-hydrogen) atoms. The largest absolute Gasteiger partial charge is 0.504 e. The topological polar surface area (TPSA) is 29.5 Å². The van der Waals surface area contributed by atoms with Gasteiger partial charge in [0.15, 0.2) is 23.1 Å². The fourth-order valence-corrected chi connectivity index (χ4v) is 4.64. The molecule has 3 rings (SSSR count). The molecule has 2 aromatic rings.